The van der Waals surface area contributed by atoms with E-state index in [9.17, 15) is 4.79 Å². The second-order valence-corrected chi connectivity index (χ2v) is 6.11. The van der Waals surface area contributed by atoms with Crippen LogP contribution in [0.25, 0.3) is 11.0 Å². The van der Waals surface area contributed by atoms with Gasteiger partial charge in [0.1, 0.15) is 19.0 Å². The lowest BCUT2D eigenvalue weighted by Gasteiger charge is -2.20. The Morgan fingerprint density at radius 2 is 2.00 bits per heavy atom. The van der Waals surface area contributed by atoms with Gasteiger partial charge in [0.25, 0.3) is 0 Å². The molecule has 0 radical (unpaired) electrons. The zero-order valence-electron chi connectivity index (χ0n) is 12.1. The summed E-state index contributed by atoms with van der Waals surface area (Å²) in [6.45, 7) is 4.93. The molecular formula is C15H18N2O4. The molecule has 6 heteroatoms. The number of carboxylic acid groups (broad SMARTS) is 1. The number of nitrogens with zero attached hydrogens (tertiary/aromatic N) is 1. The third kappa shape index (κ3) is 2.94. The summed E-state index contributed by atoms with van der Waals surface area (Å²) in [4.78, 5) is 18.7. The van der Waals surface area contributed by atoms with Gasteiger partial charge in [-0.05, 0) is 5.41 Å². The highest BCUT2D eigenvalue weighted by Gasteiger charge is 2.24. The number of H-pyrrole nitrogens is 1. The van der Waals surface area contributed by atoms with Crippen LogP contribution in [-0.4, -0.2) is 34.3 Å². The summed E-state index contributed by atoms with van der Waals surface area (Å²) in [7, 11) is 0. The van der Waals surface area contributed by atoms with Crippen LogP contribution in [0.3, 0.4) is 0 Å². The van der Waals surface area contributed by atoms with Crippen LogP contribution in [0, 0.1) is 5.41 Å². The zero-order valence-corrected chi connectivity index (χ0v) is 12.1. The molecule has 2 heterocycles. The van der Waals surface area contributed by atoms with Crippen LogP contribution >= 0.6 is 0 Å². The molecule has 0 amide bonds. The molecule has 0 atom stereocenters. The molecule has 3 rings (SSSR count). The van der Waals surface area contributed by atoms with Crippen molar-refractivity contribution in [2.24, 2.45) is 5.41 Å². The number of rotatable bonds is 4. The first-order valence-corrected chi connectivity index (χ1v) is 6.93. The van der Waals surface area contributed by atoms with E-state index in [2.05, 4.69) is 9.97 Å². The topological polar surface area (TPSA) is 84.4 Å². The largest absolute Gasteiger partial charge is 0.486 e. The number of carbonyl (C=O) groups is 1. The molecule has 6 nitrogen and oxygen atoms in total. The average Bonchev–Trinajstić information content (AvgIpc) is 2.73. The van der Waals surface area contributed by atoms with Crippen molar-refractivity contribution in [2.75, 3.05) is 13.2 Å². The van der Waals surface area contributed by atoms with Crippen molar-refractivity contribution in [3.63, 3.8) is 0 Å². The van der Waals surface area contributed by atoms with Crippen molar-refractivity contribution in [3.05, 3.63) is 18.0 Å². The Morgan fingerprint density at radius 3 is 2.67 bits per heavy atom. The van der Waals surface area contributed by atoms with E-state index < -0.39 is 5.97 Å². The van der Waals surface area contributed by atoms with Gasteiger partial charge < -0.3 is 19.6 Å². The molecule has 0 saturated carbocycles. The number of imidazole rings is 1. The number of hydrogen-bond donors (Lipinski definition) is 2. The van der Waals surface area contributed by atoms with Gasteiger partial charge in [-0.3, -0.25) is 4.79 Å². The average molecular weight is 290 g/mol. The van der Waals surface area contributed by atoms with Crippen LogP contribution in [0.2, 0.25) is 0 Å². The second kappa shape index (κ2) is 4.95. The molecular weight excluding hydrogens is 272 g/mol. The summed E-state index contributed by atoms with van der Waals surface area (Å²) in [5.41, 5.74) is 1.33. The van der Waals surface area contributed by atoms with Gasteiger partial charge in [-0.15, -0.1) is 0 Å². The van der Waals surface area contributed by atoms with E-state index in [-0.39, 0.29) is 11.8 Å². The number of nitrogens with one attached hydrogen (secondary N) is 1. The Kier molecular flexibility index (Phi) is 3.23. The minimum atomic E-state index is -0.798. The fraction of sp³-hybridized carbons (Fsp3) is 0.467. The van der Waals surface area contributed by atoms with E-state index in [0.29, 0.717) is 31.1 Å². The number of benzene rings is 1. The van der Waals surface area contributed by atoms with Gasteiger partial charge in [-0.2, -0.15) is 0 Å². The second-order valence-electron chi connectivity index (χ2n) is 6.11. The summed E-state index contributed by atoms with van der Waals surface area (Å²) in [6, 6.07) is 3.73. The van der Waals surface area contributed by atoms with Gasteiger partial charge in [0, 0.05) is 18.6 Å². The van der Waals surface area contributed by atoms with Gasteiger partial charge in [-0.25, -0.2) is 4.98 Å². The summed E-state index contributed by atoms with van der Waals surface area (Å²) < 4.78 is 11.1. The van der Waals surface area contributed by atoms with Crippen molar-refractivity contribution in [2.45, 2.75) is 26.7 Å². The van der Waals surface area contributed by atoms with Crippen LogP contribution in [0.5, 0.6) is 11.5 Å². The minimum Gasteiger partial charge on any atom is -0.486 e. The first-order valence-electron chi connectivity index (χ1n) is 6.93. The SMILES string of the molecule is CC(C)(CC(=O)O)Cc1nc2cc3c(cc2[nH]1)OCCO3. The molecule has 0 bridgehead atoms. The number of carboxylic acids is 1. The van der Waals surface area contributed by atoms with Gasteiger partial charge in [0.2, 0.25) is 0 Å². The summed E-state index contributed by atoms with van der Waals surface area (Å²) in [5.74, 6) is 1.40. The molecule has 1 aromatic heterocycles. The van der Waals surface area contributed by atoms with Gasteiger partial charge in [-0.1, -0.05) is 13.8 Å². The number of aromatic amines is 1. The number of aliphatic carboxylic acids is 1. The Morgan fingerprint density at radius 1 is 1.33 bits per heavy atom. The monoisotopic (exact) mass is 290 g/mol. The van der Waals surface area contributed by atoms with Crippen molar-refractivity contribution >= 4 is 17.0 Å². The van der Waals surface area contributed by atoms with Crippen molar-refractivity contribution in [3.8, 4) is 11.5 Å². The molecule has 2 aromatic rings. The van der Waals surface area contributed by atoms with Crippen LogP contribution in [0.15, 0.2) is 12.1 Å². The van der Waals surface area contributed by atoms with Crippen LogP contribution in [0.4, 0.5) is 0 Å². The number of fused-ring (bicyclic) bond motifs is 2. The third-order valence-electron chi connectivity index (χ3n) is 3.47. The fourth-order valence-corrected chi connectivity index (χ4v) is 2.61. The number of aromatic nitrogens is 2. The number of ether oxygens (including phenoxy) is 2. The van der Waals surface area contributed by atoms with E-state index >= 15 is 0 Å². The molecule has 0 fully saturated rings. The van der Waals surface area contributed by atoms with Gasteiger partial charge >= 0.3 is 5.97 Å². The first kappa shape index (κ1) is 13.7. The van der Waals surface area contributed by atoms with Crippen LogP contribution < -0.4 is 9.47 Å². The van der Waals surface area contributed by atoms with Crippen LogP contribution in [0.1, 0.15) is 26.1 Å². The minimum absolute atomic E-state index is 0.104. The third-order valence-corrected chi connectivity index (χ3v) is 3.47. The highest BCUT2D eigenvalue weighted by Crippen LogP contribution is 2.34. The standard InChI is InChI=1S/C15H18N2O4/c1-15(2,8-14(18)19)7-13-16-9-5-11-12(6-10(9)17-13)21-4-3-20-11/h5-6H,3-4,7-8H2,1-2H3,(H,16,17)(H,18,19). The molecule has 1 aliphatic heterocycles. The van der Waals surface area contributed by atoms with Gasteiger partial charge in [0.05, 0.1) is 17.5 Å². The molecule has 21 heavy (non-hydrogen) atoms. The summed E-state index contributed by atoms with van der Waals surface area (Å²) >= 11 is 0. The molecule has 1 aromatic carbocycles. The Labute approximate surface area is 122 Å². The molecule has 2 N–H and O–H groups in total. The fourth-order valence-electron chi connectivity index (χ4n) is 2.61. The van der Waals surface area contributed by atoms with E-state index in [1.807, 2.05) is 26.0 Å². The maximum absolute atomic E-state index is 10.9. The maximum Gasteiger partial charge on any atom is 0.303 e. The smallest absolute Gasteiger partial charge is 0.303 e. The number of hydrogen-bond acceptors (Lipinski definition) is 4. The highest BCUT2D eigenvalue weighted by molar-refractivity contribution is 5.80. The molecule has 112 valence electrons. The molecule has 0 spiro atoms. The van der Waals surface area contributed by atoms with E-state index in [1.165, 1.54) is 0 Å². The molecule has 0 aliphatic carbocycles. The lowest BCUT2D eigenvalue weighted by atomic mass is 9.85. The quantitative estimate of drug-likeness (QED) is 0.903. The van der Waals surface area contributed by atoms with Crippen molar-refractivity contribution in [1.29, 1.82) is 0 Å². The molecule has 0 saturated heterocycles. The highest BCUT2D eigenvalue weighted by atomic mass is 16.6. The summed E-state index contributed by atoms with van der Waals surface area (Å²) in [5, 5.41) is 8.95. The van der Waals surface area contributed by atoms with Gasteiger partial charge in [0.15, 0.2) is 11.5 Å². The van der Waals surface area contributed by atoms with Crippen molar-refractivity contribution in [1.82, 2.24) is 9.97 Å². The van der Waals surface area contributed by atoms with E-state index in [1.54, 1.807) is 0 Å². The first-order chi connectivity index (χ1) is 9.93. The maximum atomic E-state index is 10.9. The normalized spacial score (nSPS) is 14.4. The Balaban J connectivity index is 1.89. The lowest BCUT2D eigenvalue weighted by Crippen LogP contribution is -2.20. The zero-order chi connectivity index (χ0) is 15.0. The van der Waals surface area contributed by atoms with E-state index in [0.717, 1.165) is 16.9 Å². The van der Waals surface area contributed by atoms with Crippen molar-refractivity contribution < 1.29 is 19.4 Å². The Bertz CT molecular complexity index is 647. The predicted molar refractivity (Wildman–Crippen MR) is 76.8 cm³/mol. The summed E-state index contributed by atoms with van der Waals surface area (Å²) in [6.07, 6.45) is 0.674. The molecule has 0 unspecified atom stereocenters. The molecule has 1 aliphatic rings. The van der Waals surface area contributed by atoms with Crippen LogP contribution in [-0.2, 0) is 11.2 Å². The lowest BCUT2D eigenvalue weighted by molar-refractivity contribution is -0.139. The van der Waals surface area contributed by atoms with E-state index in [4.69, 9.17) is 14.6 Å². The predicted octanol–water partition coefficient (Wildman–Crippen LogP) is 2.38. The Hall–Kier alpha value is -2.24.